The number of piperazine rings is 1. The molecule has 1 atom stereocenters. The zero-order valence-corrected chi connectivity index (χ0v) is 13.2. The fourth-order valence-corrected chi connectivity index (χ4v) is 3.05. The highest BCUT2D eigenvalue weighted by atomic mass is 16.2. The lowest BCUT2D eigenvalue weighted by Gasteiger charge is -2.35. The van der Waals surface area contributed by atoms with Gasteiger partial charge in [0.1, 0.15) is 0 Å². The van der Waals surface area contributed by atoms with Gasteiger partial charge in [0.15, 0.2) is 0 Å². The molecule has 0 bridgehead atoms. The molecule has 2 aliphatic heterocycles. The zero-order chi connectivity index (χ0) is 15.6. The third-order valence-corrected chi connectivity index (χ3v) is 4.38. The Balaban J connectivity index is 1.88. The summed E-state index contributed by atoms with van der Waals surface area (Å²) in [5.41, 5.74) is 0. The molecule has 0 spiro atoms. The van der Waals surface area contributed by atoms with Crippen LogP contribution in [-0.2, 0) is 14.4 Å². The third kappa shape index (κ3) is 3.36. The highest BCUT2D eigenvalue weighted by Gasteiger charge is 2.38. The molecule has 2 aliphatic rings. The average Bonchev–Trinajstić information content (AvgIpc) is 2.88. The van der Waals surface area contributed by atoms with Crippen molar-refractivity contribution in [2.45, 2.75) is 39.7 Å². The van der Waals surface area contributed by atoms with Crippen LogP contribution in [0.5, 0.6) is 0 Å². The fraction of sp³-hybridized carbons (Fsp3) is 0.800. The Morgan fingerprint density at radius 1 is 1.14 bits per heavy atom. The lowest BCUT2D eigenvalue weighted by molar-refractivity contribution is -0.141. The van der Waals surface area contributed by atoms with Crippen LogP contribution in [0, 0.1) is 5.92 Å². The summed E-state index contributed by atoms with van der Waals surface area (Å²) in [4.78, 5) is 41.4. The van der Waals surface area contributed by atoms with Gasteiger partial charge in [0, 0.05) is 51.6 Å². The predicted molar refractivity (Wildman–Crippen MR) is 78.4 cm³/mol. The van der Waals surface area contributed by atoms with Crippen LogP contribution >= 0.6 is 0 Å². The third-order valence-electron chi connectivity index (χ3n) is 4.38. The highest BCUT2D eigenvalue weighted by Crippen LogP contribution is 2.22. The largest absolute Gasteiger partial charge is 0.339 e. The van der Waals surface area contributed by atoms with Gasteiger partial charge in [0.2, 0.25) is 17.7 Å². The van der Waals surface area contributed by atoms with Crippen molar-refractivity contribution >= 4 is 17.7 Å². The van der Waals surface area contributed by atoms with Gasteiger partial charge in [-0.3, -0.25) is 14.4 Å². The van der Waals surface area contributed by atoms with E-state index in [1.807, 2.05) is 25.7 Å². The van der Waals surface area contributed by atoms with Crippen LogP contribution in [0.4, 0.5) is 0 Å². The summed E-state index contributed by atoms with van der Waals surface area (Å²) >= 11 is 0. The van der Waals surface area contributed by atoms with E-state index in [0.29, 0.717) is 45.6 Å². The molecule has 21 heavy (non-hydrogen) atoms. The number of amides is 3. The van der Waals surface area contributed by atoms with E-state index >= 15 is 0 Å². The standard InChI is InChI=1S/C15H25N3O3/c1-4-13(19)16-5-7-17(8-6-16)15(21)12-9-14(20)18(10-12)11(2)3/h11-12H,4-10H2,1-3H3. The number of hydrogen-bond donors (Lipinski definition) is 0. The Morgan fingerprint density at radius 3 is 2.19 bits per heavy atom. The number of rotatable bonds is 3. The minimum Gasteiger partial charge on any atom is -0.339 e. The quantitative estimate of drug-likeness (QED) is 0.753. The number of carbonyl (C=O) groups is 3. The van der Waals surface area contributed by atoms with Crippen molar-refractivity contribution in [1.29, 1.82) is 0 Å². The van der Waals surface area contributed by atoms with Gasteiger partial charge in [-0.1, -0.05) is 6.92 Å². The number of nitrogens with zero attached hydrogens (tertiary/aromatic N) is 3. The summed E-state index contributed by atoms with van der Waals surface area (Å²) in [6, 6.07) is 0.148. The van der Waals surface area contributed by atoms with E-state index in [0.717, 1.165) is 0 Å². The summed E-state index contributed by atoms with van der Waals surface area (Å²) in [6.07, 6.45) is 0.833. The maximum absolute atomic E-state index is 12.5. The first-order chi connectivity index (χ1) is 9.93. The van der Waals surface area contributed by atoms with Gasteiger partial charge in [-0.15, -0.1) is 0 Å². The predicted octanol–water partition coefficient (Wildman–Crippen LogP) is 0.324. The highest BCUT2D eigenvalue weighted by molar-refractivity contribution is 5.89. The Hall–Kier alpha value is -1.59. The molecule has 3 amide bonds. The molecule has 1 unspecified atom stereocenters. The van der Waals surface area contributed by atoms with Crippen molar-refractivity contribution in [2.75, 3.05) is 32.7 Å². The van der Waals surface area contributed by atoms with Crippen molar-refractivity contribution in [1.82, 2.24) is 14.7 Å². The summed E-state index contributed by atoms with van der Waals surface area (Å²) in [5.74, 6) is 0.0655. The first kappa shape index (κ1) is 15.8. The molecule has 6 nitrogen and oxygen atoms in total. The van der Waals surface area contributed by atoms with Gasteiger partial charge in [0.25, 0.3) is 0 Å². The molecule has 0 radical (unpaired) electrons. The molecule has 0 aromatic heterocycles. The number of hydrogen-bond acceptors (Lipinski definition) is 3. The van der Waals surface area contributed by atoms with E-state index in [-0.39, 0.29) is 29.7 Å². The van der Waals surface area contributed by atoms with Crippen molar-refractivity contribution < 1.29 is 14.4 Å². The molecule has 0 saturated carbocycles. The first-order valence-corrected chi connectivity index (χ1v) is 7.80. The molecular weight excluding hydrogens is 270 g/mol. The van der Waals surface area contributed by atoms with E-state index in [2.05, 4.69) is 0 Å². The minimum atomic E-state index is -0.215. The molecule has 0 aromatic carbocycles. The molecule has 118 valence electrons. The Morgan fingerprint density at radius 2 is 1.71 bits per heavy atom. The SMILES string of the molecule is CCC(=O)N1CCN(C(=O)C2CC(=O)N(C(C)C)C2)CC1. The molecule has 6 heteroatoms. The van der Waals surface area contributed by atoms with Gasteiger partial charge in [0.05, 0.1) is 5.92 Å². The summed E-state index contributed by atoms with van der Waals surface area (Å²) in [5, 5.41) is 0. The second-order valence-corrected chi connectivity index (χ2v) is 6.10. The Bertz CT molecular complexity index is 428. The molecule has 2 rings (SSSR count). The lowest BCUT2D eigenvalue weighted by atomic mass is 10.1. The summed E-state index contributed by atoms with van der Waals surface area (Å²) in [7, 11) is 0. The van der Waals surface area contributed by atoms with Crippen LogP contribution in [0.2, 0.25) is 0 Å². The van der Waals surface area contributed by atoms with E-state index in [9.17, 15) is 14.4 Å². The van der Waals surface area contributed by atoms with E-state index in [4.69, 9.17) is 0 Å². The van der Waals surface area contributed by atoms with Crippen LogP contribution in [-0.4, -0.2) is 71.2 Å². The van der Waals surface area contributed by atoms with Crippen LogP contribution in [0.25, 0.3) is 0 Å². The van der Waals surface area contributed by atoms with Crippen molar-refractivity contribution in [3.63, 3.8) is 0 Å². The molecule has 0 aliphatic carbocycles. The maximum Gasteiger partial charge on any atom is 0.228 e. The summed E-state index contributed by atoms with van der Waals surface area (Å²) < 4.78 is 0. The normalized spacial score (nSPS) is 23.1. The van der Waals surface area contributed by atoms with E-state index in [1.165, 1.54) is 0 Å². The molecule has 2 heterocycles. The van der Waals surface area contributed by atoms with Gasteiger partial charge in [-0.25, -0.2) is 0 Å². The lowest BCUT2D eigenvalue weighted by Crippen LogP contribution is -2.52. The van der Waals surface area contributed by atoms with Crippen LogP contribution in [0.15, 0.2) is 0 Å². The van der Waals surface area contributed by atoms with Crippen molar-refractivity contribution in [3.8, 4) is 0 Å². The summed E-state index contributed by atoms with van der Waals surface area (Å²) in [6.45, 7) is 8.70. The average molecular weight is 295 g/mol. The second kappa shape index (κ2) is 6.45. The molecule has 0 aromatic rings. The molecule has 0 N–H and O–H groups in total. The van der Waals surface area contributed by atoms with Gasteiger partial charge < -0.3 is 14.7 Å². The maximum atomic E-state index is 12.5. The van der Waals surface area contributed by atoms with Crippen LogP contribution in [0.1, 0.15) is 33.6 Å². The van der Waals surface area contributed by atoms with Crippen molar-refractivity contribution in [2.24, 2.45) is 5.92 Å². The number of likely N-dealkylation sites (tertiary alicyclic amines) is 1. The first-order valence-electron chi connectivity index (χ1n) is 7.80. The zero-order valence-electron chi connectivity index (χ0n) is 13.2. The van der Waals surface area contributed by atoms with E-state index in [1.54, 1.807) is 9.80 Å². The van der Waals surface area contributed by atoms with Gasteiger partial charge in [-0.05, 0) is 13.8 Å². The molecule has 2 saturated heterocycles. The Labute approximate surface area is 126 Å². The second-order valence-electron chi connectivity index (χ2n) is 6.10. The topological polar surface area (TPSA) is 60.9 Å². The Kier molecular flexibility index (Phi) is 4.85. The number of carbonyl (C=O) groups excluding carboxylic acids is 3. The van der Waals surface area contributed by atoms with Crippen molar-refractivity contribution in [3.05, 3.63) is 0 Å². The van der Waals surface area contributed by atoms with Crippen LogP contribution in [0.3, 0.4) is 0 Å². The van der Waals surface area contributed by atoms with Crippen LogP contribution < -0.4 is 0 Å². The smallest absolute Gasteiger partial charge is 0.228 e. The van der Waals surface area contributed by atoms with Gasteiger partial charge >= 0.3 is 0 Å². The minimum absolute atomic E-state index is 0.0649. The monoisotopic (exact) mass is 295 g/mol. The molecular formula is C15H25N3O3. The van der Waals surface area contributed by atoms with Gasteiger partial charge in [-0.2, -0.15) is 0 Å². The molecule has 2 fully saturated rings. The van der Waals surface area contributed by atoms with E-state index < -0.39 is 0 Å². The fourth-order valence-electron chi connectivity index (χ4n) is 3.05.